The van der Waals surface area contributed by atoms with Crippen LogP contribution in [0.3, 0.4) is 0 Å². The summed E-state index contributed by atoms with van der Waals surface area (Å²) in [6, 6.07) is 1.53. The van der Waals surface area contributed by atoms with Crippen LogP contribution in [0.5, 0.6) is 0 Å². The van der Waals surface area contributed by atoms with Crippen LogP contribution >= 0.6 is 11.6 Å². The average molecular weight is 175 g/mol. The lowest BCUT2D eigenvalue weighted by molar-refractivity contribution is 0.0598. The quantitative estimate of drug-likeness (QED) is 0.507. The van der Waals surface area contributed by atoms with Gasteiger partial charge in [-0.15, -0.1) is 11.6 Å². The molecule has 0 radical (unpaired) electrons. The van der Waals surface area contributed by atoms with E-state index in [1.54, 1.807) is 0 Å². The van der Waals surface area contributed by atoms with E-state index in [4.69, 9.17) is 16.0 Å². The molecule has 0 aliphatic carbocycles. The third-order valence-corrected chi connectivity index (χ3v) is 1.51. The summed E-state index contributed by atoms with van der Waals surface area (Å²) in [5, 5.41) is 0. The SMILES string of the molecule is COC(=O)c1ccoc1CCl. The largest absolute Gasteiger partial charge is 0.467 e. The Balaban J connectivity index is 2.92. The first kappa shape index (κ1) is 8.14. The van der Waals surface area contributed by atoms with Crippen molar-refractivity contribution in [3.8, 4) is 0 Å². The van der Waals surface area contributed by atoms with Gasteiger partial charge in [0, 0.05) is 0 Å². The van der Waals surface area contributed by atoms with Gasteiger partial charge < -0.3 is 9.15 Å². The fraction of sp³-hybridized carbons (Fsp3) is 0.286. The van der Waals surface area contributed by atoms with Crippen LogP contribution < -0.4 is 0 Å². The predicted molar refractivity (Wildman–Crippen MR) is 39.6 cm³/mol. The summed E-state index contributed by atoms with van der Waals surface area (Å²) in [7, 11) is 1.31. The molecular weight excluding hydrogens is 168 g/mol. The summed E-state index contributed by atoms with van der Waals surface area (Å²) in [6.07, 6.45) is 1.41. The Labute approximate surface area is 68.9 Å². The van der Waals surface area contributed by atoms with E-state index in [0.29, 0.717) is 11.3 Å². The number of halogens is 1. The van der Waals surface area contributed by atoms with E-state index in [0.717, 1.165) is 0 Å². The van der Waals surface area contributed by atoms with Crippen LogP contribution in [-0.4, -0.2) is 13.1 Å². The van der Waals surface area contributed by atoms with Crippen LogP contribution in [0.2, 0.25) is 0 Å². The van der Waals surface area contributed by atoms with Crippen molar-refractivity contribution in [2.24, 2.45) is 0 Å². The van der Waals surface area contributed by atoms with Gasteiger partial charge in [0.1, 0.15) is 11.3 Å². The van der Waals surface area contributed by atoms with Gasteiger partial charge in [-0.05, 0) is 6.07 Å². The number of esters is 1. The zero-order valence-electron chi connectivity index (χ0n) is 5.96. The van der Waals surface area contributed by atoms with Crippen molar-refractivity contribution in [3.63, 3.8) is 0 Å². The molecule has 0 aromatic carbocycles. The van der Waals surface area contributed by atoms with Gasteiger partial charge in [0.15, 0.2) is 0 Å². The summed E-state index contributed by atoms with van der Waals surface area (Å²) >= 11 is 5.47. The molecule has 0 fully saturated rings. The first-order valence-electron chi connectivity index (χ1n) is 3.00. The van der Waals surface area contributed by atoms with Crippen LogP contribution in [0.4, 0.5) is 0 Å². The van der Waals surface area contributed by atoms with Gasteiger partial charge in [-0.2, -0.15) is 0 Å². The Bertz CT molecular complexity index is 254. The summed E-state index contributed by atoms with van der Waals surface area (Å²) in [6.45, 7) is 0. The van der Waals surface area contributed by atoms with Gasteiger partial charge in [0.05, 0.1) is 19.3 Å². The molecule has 1 aromatic heterocycles. The zero-order chi connectivity index (χ0) is 8.27. The number of furan rings is 1. The first-order chi connectivity index (χ1) is 5.29. The van der Waals surface area contributed by atoms with Crippen LogP contribution in [0.25, 0.3) is 0 Å². The van der Waals surface area contributed by atoms with E-state index in [9.17, 15) is 4.79 Å². The molecule has 0 saturated carbocycles. The summed E-state index contributed by atoms with van der Waals surface area (Å²) in [5.74, 6) is 0.199. The van der Waals surface area contributed by atoms with Gasteiger partial charge >= 0.3 is 5.97 Å². The third-order valence-electron chi connectivity index (χ3n) is 1.27. The van der Waals surface area contributed by atoms with Crippen molar-refractivity contribution in [3.05, 3.63) is 23.7 Å². The predicted octanol–water partition coefficient (Wildman–Crippen LogP) is 1.80. The van der Waals surface area contributed by atoms with Crippen molar-refractivity contribution < 1.29 is 13.9 Å². The Morgan fingerprint density at radius 2 is 2.55 bits per heavy atom. The number of ether oxygens (including phenoxy) is 1. The number of methoxy groups -OCH3 is 1. The molecule has 60 valence electrons. The minimum absolute atomic E-state index is 0.178. The molecule has 0 unspecified atom stereocenters. The number of rotatable bonds is 2. The van der Waals surface area contributed by atoms with E-state index < -0.39 is 5.97 Å². The maximum atomic E-state index is 10.9. The molecule has 0 aliphatic heterocycles. The van der Waals surface area contributed by atoms with Crippen molar-refractivity contribution in [1.82, 2.24) is 0 Å². The molecule has 11 heavy (non-hydrogen) atoms. The molecule has 0 amide bonds. The molecule has 3 nitrogen and oxygen atoms in total. The topological polar surface area (TPSA) is 39.4 Å². The van der Waals surface area contributed by atoms with Crippen LogP contribution in [0.15, 0.2) is 16.7 Å². The highest BCUT2D eigenvalue weighted by atomic mass is 35.5. The lowest BCUT2D eigenvalue weighted by Gasteiger charge is -1.95. The van der Waals surface area contributed by atoms with Gasteiger partial charge in [-0.1, -0.05) is 0 Å². The lowest BCUT2D eigenvalue weighted by atomic mass is 10.3. The van der Waals surface area contributed by atoms with E-state index >= 15 is 0 Å². The first-order valence-corrected chi connectivity index (χ1v) is 3.53. The molecule has 0 saturated heterocycles. The molecule has 0 N–H and O–H groups in total. The van der Waals surface area contributed by atoms with Crippen LogP contribution in [-0.2, 0) is 10.6 Å². The molecule has 0 spiro atoms. The molecule has 1 rings (SSSR count). The molecule has 1 aromatic rings. The highest BCUT2D eigenvalue weighted by Crippen LogP contribution is 2.13. The van der Waals surface area contributed by atoms with Crippen molar-refractivity contribution >= 4 is 17.6 Å². The second-order valence-electron chi connectivity index (χ2n) is 1.88. The van der Waals surface area contributed by atoms with Crippen molar-refractivity contribution in [2.45, 2.75) is 5.88 Å². The number of carbonyl (C=O) groups excluding carboxylic acids is 1. The number of alkyl halides is 1. The third kappa shape index (κ3) is 1.54. The number of hydrogen-bond acceptors (Lipinski definition) is 3. The second kappa shape index (κ2) is 3.44. The minimum Gasteiger partial charge on any atom is -0.467 e. The standard InChI is InChI=1S/C7H7ClO3/c1-10-7(9)5-2-3-11-6(5)4-8/h2-3H,4H2,1H3. The maximum absolute atomic E-state index is 10.9. The van der Waals surface area contributed by atoms with Crippen molar-refractivity contribution in [2.75, 3.05) is 7.11 Å². The Morgan fingerprint density at radius 1 is 1.82 bits per heavy atom. The normalized spacial score (nSPS) is 9.64. The Morgan fingerprint density at radius 3 is 3.09 bits per heavy atom. The van der Waals surface area contributed by atoms with Gasteiger partial charge in [0.2, 0.25) is 0 Å². The van der Waals surface area contributed by atoms with Crippen LogP contribution in [0, 0.1) is 0 Å². The van der Waals surface area contributed by atoms with Gasteiger partial charge in [0.25, 0.3) is 0 Å². The van der Waals surface area contributed by atoms with E-state index in [1.165, 1.54) is 19.4 Å². The number of carbonyl (C=O) groups is 1. The zero-order valence-corrected chi connectivity index (χ0v) is 6.72. The molecule has 0 bridgehead atoms. The summed E-state index contributed by atoms with van der Waals surface area (Å²) in [4.78, 5) is 10.9. The minimum atomic E-state index is -0.422. The molecule has 1 heterocycles. The van der Waals surface area contributed by atoms with Crippen molar-refractivity contribution in [1.29, 1.82) is 0 Å². The fourth-order valence-corrected chi connectivity index (χ4v) is 0.943. The highest BCUT2D eigenvalue weighted by Gasteiger charge is 2.13. The average Bonchev–Trinajstić information content (AvgIpc) is 2.50. The van der Waals surface area contributed by atoms with E-state index in [-0.39, 0.29) is 5.88 Å². The van der Waals surface area contributed by atoms with Crippen LogP contribution in [0.1, 0.15) is 16.1 Å². The summed E-state index contributed by atoms with van der Waals surface area (Å²) in [5.41, 5.74) is 0.391. The van der Waals surface area contributed by atoms with E-state index in [1.807, 2.05) is 0 Å². The highest BCUT2D eigenvalue weighted by molar-refractivity contribution is 6.17. The Kier molecular flexibility index (Phi) is 2.54. The monoisotopic (exact) mass is 174 g/mol. The van der Waals surface area contributed by atoms with Gasteiger partial charge in [-0.25, -0.2) is 4.79 Å². The molecular formula is C7H7ClO3. The smallest absolute Gasteiger partial charge is 0.341 e. The molecule has 0 atom stereocenters. The molecule has 0 aliphatic rings. The fourth-order valence-electron chi connectivity index (χ4n) is 0.736. The Hall–Kier alpha value is -0.960. The molecule has 4 heteroatoms. The second-order valence-corrected chi connectivity index (χ2v) is 2.15. The van der Waals surface area contributed by atoms with E-state index in [2.05, 4.69) is 4.74 Å². The lowest BCUT2D eigenvalue weighted by Crippen LogP contribution is -2.01. The van der Waals surface area contributed by atoms with Gasteiger partial charge in [-0.3, -0.25) is 0 Å². The summed E-state index contributed by atoms with van der Waals surface area (Å²) < 4.78 is 9.38. The maximum Gasteiger partial charge on any atom is 0.341 e. The number of hydrogen-bond donors (Lipinski definition) is 0.